The Kier molecular flexibility index (Phi) is 5.96. The van der Waals surface area contributed by atoms with Gasteiger partial charge in [-0.15, -0.1) is 17.0 Å². The van der Waals surface area contributed by atoms with E-state index in [1.54, 1.807) is 18.7 Å². The molecule has 0 aliphatic heterocycles. The number of imidazole rings is 1. The molecule has 0 amide bonds. The normalized spacial score (nSPS) is 11.7. The third kappa shape index (κ3) is 3.54. The molecular weight excluding hydrogens is 508 g/mol. The quantitative estimate of drug-likeness (QED) is 0.263. The van der Waals surface area contributed by atoms with Crippen molar-refractivity contribution in [1.82, 2.24) is 14.1 Å². The number of methoxy groups -OCH3 is 1. The Morgan fingerprint density at radius 2 is 1.91 bits per heavy atom. The van der Waals surface area contributed by atoms with E-state index in [1.165, 1.54) is 42.0 Å². The van der Waals surface area contributed by atoms with Crippen LogP contribution < -0.4 is 10.3 Å². The molecule has 0 radical (unpaired) electrons. The molecule has 0 fully saturated rings. The second kappa shape index (κ2) is 8.75. The smallest absolute Gasteiger partial charge is 0.270 e. The molecule has 1 aliphatic rings. The summed E-state index contributed by atoms with van der Waals surface area (Å²) in [7, 11) is 1.38. The van der Waals surface area contributed by atoms with Crippen LogP contribution in [-0.2, 0) is 13.1 Å². The predicted molar refractivity (Wildman–Crippen MR) is 129 cm³/mol. The zero-order valence-electron chi connectivity index (χ0n) is 17.9. The van der Waals surface area contributed by atoms with E-state index >= 15 is 0 Å². The highest BCUT2D eigenvalue weighted by Gasteiger charge is 2.34. The minimum atomic E-state index is -0.574. The number of carbonyl (C=O) groups is 1. The number of aromatic nitrogens is 3. The number of nitrogens with zero attached hydrogens (tertiary/aromatic N) is 4. The second-order valence-corrected chi connectivity index (χ2v) is 7.72. The van der Waals surface area contributed by atoms with Crippen molar-refractivity contribution in [3.63, 3.8) is 0 Å². The number of nitro benzene ring substituents is 1. The van der Waals surface area contributed by atoms with Gasteiger partial charge in [-0.2, -0.15) is 0 Å². The second-order valence-electron chi connectivity index (χ2n) is 7.72. The number of benzene rings is 2. The molecule has 0 saturated heterocycles. The number of hydrogen-bond acceptors (Lipinski definition) is 7. The maximum atomic E-state index is 13.5. The van der Waals surface area contributed by atoms with E-state index in [9.17, 15) is 24.8 Å². The summed E-state index contributed by atoms with van der Waals surface area (Å²) in [6.45, 7) is 0.848. The number of carbonyl (C=O) groups excluding carboxylic acids is 1. The summed E-state index contributed by atoms with van der Waals surface area (Å²) >= 11 is 0. The highest BCUT2D eigenvalue weighted by atomic mass is 79.9. The van der Waals surface area contributed by atoms with Crippen LogP contribution in [0.15, 0.2) is 53.8 Å². The Morgan fingerprint density at radius 3 is 2.59 bits per heavy atom. The fourth-order valence-electron chi connectivity index (χ4n) is 4.35. The molecule has 2 aromatic carbocycles. The van der Waals surface area contributed by atoms with Crippen molar-refractivity contribution in [2.45, 2.75) is 19.5 Å². The number of aromatic hydroxyl groups is 1. The molecule has 174 valence electrons. The number of halogens is 1. The molecule has 1 aliphatic carbocycles. The number of aryl methyl sites for hydroxylation is 1. The van der Waals surface area contributed by atoms with Crippen LogP contribution in [0, 0.1) is 10.1 Å². The predicted octanol–water partition coefficient (Wildman–Crippen LogP) is 3.70. The summed E-state index contributed by atoms with van der Waals surface area (Å²) in [5.74, 6) is -0.345. The van der Waals surface area contributed by atoms with Gasteiger partial charge in [0.1, 0.15) is 0 Å². The van der Waals surface area contributed by atoms with Gasteiger partial charge in [-0.3, -0.25) is 19.7 Å². The van der Waals surface area contributed by atoms with Crippen LogP contribution >= 0.6 is 17.0 Å². The van der Waals surface area contributed by atoms with Gasteiger partial charge in [0.25, 0.3) is 11.2 Å². The fourth-order valence-corrected chi connectivity index (χ4v) is 4.35. The lowest BCUT2D eigenvalue weighted by atomic mass is 10.0. The lowest BCUT2D eigenvalue weighted by Crippen LogP contribution is -2.24. The maximum Gasteiger partial charge on any atom is 0.270 e. The zero-order chi connectivity index (χ0) is 23.3. The van der Waals surface area contributed by atoms with Gasteiger partial charge >= 0.3 is 0 Å². The Balaban J connectivity index is 0.00000274. The molecule has 0 unspecified atom stereocenters. The Hall–Kier alpha value is -3.99. The third-order valence-corrected chi connectivity index (χ3v) is 5.87. The minimum absolute atomic E-state index is 0. The number of nitro groups is 1. The lowest BCUT2D eigenvalue weighted by Gasteiger charge is -2.15. The first-order valence-corrected chi connectivity index (χ1v) is 10.2. The Bertz CT molecular complexity index is 1510. The fraction of sp³-hybridized carbons (Fsp3) is 0.174. The van der Waals surface area contributed by atoms with Gasteiger partial charge in [0.15, 0.2) is 17.3 Å². The molecule has 34 heavy (non-hydrogen) atoms. The number of pyridine rings is 1. The Morgan fingerprint density at radius 1 is 1.12 bits per heavy atom. The van der Waals surface area contributed by atoms with Gasteiger partial charge in [0.05, 0.1) is 35.0 Å². The van der Waals surface area contributed by atoms with E-state index in [-0.39, 0.29) is 57.4 Å². The number of phenols is 1. The molecule has 11 heteroatoms. The van der Waals surface area contributed by atoms with Crippen molar-refractivity contribution in [2.75, 3.05) is 7.11 Å². The first-order valence-electron chi connectivity index (χ1n) is 10.2. The molecule has 10 nitrogen and oxygen atoms in total. The van der Waals surface area contributed by atoms with Crippen LogP contribution in [0.25, 0.3) is 22.0 Å². The van der Waals surface area contributed by atoms with Gasteiger partial charge in [0, 0.05) is 54.1 Å². The molecular formula is C23H19BrN4O6. The molecule has 1 N–H and O–H groups in total. The molecule has 2 heterocycles. The lowest BCUT2D eigenvalue weighted by molar-refractivity contribution is -0.384. The van der Waals surface area contributed by atoms with Gasteiger partial charge in [-0.05, 0) is 24.6 Å². The van der Waals surface area contributed by atoms with Gasteiger partial charge in [0.2, 0.25) is 0 Å². The van der Waals surface area contributed by atoms with E-state index in [0.29, 0.717) is 35.2 Å². The van der Waals surface area contributed by atoms with Crippen molar-refractivity contribution >= 4 is 39.2 Å². The number of rotatable bonds is 6. The summed E-state index contributed by atoms with van der Waals surface area (Å²) in [6, 6.07) is 6.79. The number of ketones is 1. The van der Waals surface area contributed by atoms with Crippen LogP contribution in [0.3, 0.4) is 0 Å². The van der Waals surface area contributed by atoms with E-state index in [2.05, 4.69) is 4.98 Å². The van der Waals surface area contributed by atoms with Gasteiger partial charge < -0.3 is 19.0 Å². The summed E-state index contributed by atoms with van der Waals surface area (Å²) in [5, 5.41) is 22.1. The van der Waals surface area contributed by atoms with Crippen LogP contribution in [0.1, 0.15) is 22.3 Å². The van der Waals surface area contributed by atoms with Gasteiger partial charge in [-0.25, -0.2) is 4.98 Å². The summed E-state index contributed by atoms with van der Waals surface area (Å²) in [4.78, 5) is 41.7. The molecule has 4 aromatic rings. The first-order chi connectivity index (χ1) is 15.9. The van der Waals surface area contributed by atoms with Gasteiger partial charge in [-0.1, -0.05) is 0 Å². The summed E-state index contributed by atoms with van der Waals surface area (Å²) in [5.41, 5.74) is 0.733. The van der Waals surface area contributed by atoms with Crippen molar-refractivity contribution < 1.29 is 19.6 Å². The third-order valence-electron chi connectivity index (χ3n) is 5.87. The van der Waals surface area contributed by atoms with Crippen LogP contribution in [0.2, 0.25) is 0 Å². The summed E-state index contributed by atoms with van der Waals surface area (Å²) in [6.07, 6.45) is 5.68. The van der Waals surface area contributed by atoms with Crippen LogP contribution in [-0.4, -0.2) is 37.0 Å². The molecule has 0 bridgehead atoms. The van der Waals surface area contributed by atoms with Crippen molar-refractivity contribution in [2.24, 2.45) is 0 Å². The first kappa shape index (κ1) is 23.2. The van der Waals surface area contributed by atoms with E-state index in [0.717, 1.165) is 0 Å². The van der Waals surface area contributed by atoms with Crippen molar-refractivity contribution in [1.29, 1.82) is 0 Å². The van der Waals surface area contributed by atoms with Crippen LogP contribution in [0.4, 0.5) is 5.69 Å². The van der Waals surface area contributed by atoms with Crippen molar-refractivity contribution in [3.8, 4) is 22.8 Å². The Labute approximate surface area is 203 Å². The maximum absolute atomic E-state index is 13.5. The number of hydrogen-bond donors (Lipinski definition) is 1. The highest BCUT2D eigenvalue weighted by molar-refractivity contribution is 8.93. The summed E-state index contributed by atoms with van der Waals surface area (Å²) < 4.78 is 8.49. The van der Waals surface area contributed by atoms with E-state index in [1.807, 2.05) is 4.57 Å². The standard InChI is InChI=1S/C23H18N4O6.BrH/c1-33-19-11-16-15(10-18(19)28)21-20(22(16)29)14-4-3-13(27(31)32)9-17(14)23(30)26(21)7-2-6-25-8-5-24-12-25;/h3-5,8-12,28H,2,6-7H2,1H3;1H. The average Bonchev–Trinajstić information content (AvgIpc) is 3.41. The highest BCUT2D eigenvalue weighted by Crippen LogP contribution is 2.44. The number of fused-ring (bicyclic) bond motifs is 5. The van der Waals surface area contributed by atoms with Crippen molar-refractivity contribution in [3.05, 3.63) is 80.6 Å². The minimum Gasteiger partial charge on any atom is -0.504 e. The molecule has 0 saturated carbocycles. The molecule has 2 aromatic heterocycles. The SMILES string of the molecule is Br.COc1cc2c(cc1O)-c1c(c3ccc([N+](=O)[O-])cc3c(=O)n1CCCn1ccnc1)C2=O. The average molecular weight is 527 g/mol. The molecule has 0 atom stereocenters. The topological polar surface area (TPSA) is 129 Å². The van der Waals surface area contributed by atoms with E-state index in [4.69, 9.17) is 4.74 Å². The molecule has 0 spiro atoms. The number of ether oxygens (including phenoxy) is 1. The van der Waals surface area contributed by atoms with Crippen LogP contribution in [0.5, 0.6) is 11.5 Å². The zero-order valence-corrected chi connectivity index (χ0v) is 19.6. The number of non-ortho nitro benzene ring substituents is 1. The molecule has 5 rings (SSSR count). The number of phenolic OH excluding ortho intramolecular Hbond substituents is 1. The monoisotopic (exact) mass is 526 g/mol. The van der Waals surface area contributed by atoms with E-state index < -0.39 is 10.5 Å². The largest absolute Gasteiger partial charge is 0.504 e.